The van der Waals surface area contributed by atoms with Crippen LogP contribution >= 0.6 is 0 Å². The van der Waals surface area contributed by atoms with Crippen molar-refractivity contribution < 1.29 is 32.3 Å². The number of hydrogen-bond acceptors (Lipinski definition) is 5. The summed E-state index contributed by atoms with van der Waals surface area (Å²) in [4.78, 5) is 53.0. The number of alkyl halides is 3. The summed E-state index contributed by atoms with van der Waals surface area (Å²) in [5.74, 6) is -5.02. The summed E-state index contributed by atoms with van der Waals surface area (Å²) in [6, 6.07) is 0.209. The number of carbonyl (C=O) groups excluding carboxylic acids is 4. The fraction of sp³-hybridized carbons (Fsp3) is 0.815. The number of carbonyl (C=O) groups is 4. The molecule has 0 aromatic carbocycles. The number of nitriles is 1. The molecule has 4 rings (SSSR count). The molecule has 4 aliphatic rings. The summed E-state index contributed by atoms with van der Waals surface area (Å²) < 4.78 is 39.2. The van der Waals surface area contributed by atoms with E-state index in [-0.39, 0.29) is 36.2 Å². The van der Waals surface area contributed by atoms with Crippen LogP contribution in [0.25, 0.3) is 0 Å². The Labute approximate surface area is 221 Å². The fourth-order valence-corrected chi connectivity index (χ4v) is 6.58. The Bertz CT molecular complexity index is 1030. The van der Waals surface area contributed by atoms with Crippen molar-refractivity contribution in [2.45, 2.75) is 102 Å². The minimum atomic E-state index is -5.05. The van der Waals surface area contributed by atoms with Gasteiger partial charge in [-0.1, -0.05) is 27.2 Å². The number of fused-ring (bicyclic) bond motifs is 1. The maximum Gasteiger partial charge on any atom is 0.449 e. The van der Waals surface area contributed by atoms with E-state index in [1.54, 1.807) is 20.8 Å². The Morgan fingerprint density at radius 2 is 1.84 bits per heavy atom. The highest BCUT2D eigenvalue weighted by molar-refractivity contribution is 5.93. The predicted molar refractivity (Wildman–Crippen MR) is 130 cm³/mol. The van der Waals surface area contributed by atoms with Crippen LogP contribution in [-0.4, -0.2) is 58.7 Å². The third-order valence-electron chi connectivity index (χ3n) is 9.07. The lowest BCUT2D eigenvalue weighted by Crippen LogP contribution is -2.54. The zero-order valence-electron chi connectivity index (χ0n) is 22.2. The van der Waals surface area contributed by atoms with Gasteiger partial charge in [-0.05, 0) is 62.2 Å². The van der Waals surface area contributed by atoms with Gasteiger partial charge in [-0.25, -0.2) is 0 Å². The van der Waals surface area contributed by atoms with E-state index in [9.17, 15) is 37.6 Å². The Morgan fingerprint density at radius 1 is 1.16 bits per heavy atom. The fourth-order valence-electron chi connectivity index (χ4n) is 6.58. The molecule has 38 heavy (non-hydrogen) atoms. The summed E-state index contributed by atoms with van der Waals surface area (Å²) >= 11 is 0. The molecule has 2 heterocycles. The number of rotatable bonds is 7. The molecule has 2 aliphatic heterocycles. The first-order chi connectivity index (χ1) is 17.6. The lowest BCUT2D eigenvalue weighted by molar-refractivity contribution is -0.174. The van der Waals surface area contributed by atoms with Gasteiger partial charge in [-0.3, -0.25) is 19.2 Å². The second kappa shape index (κ2) is 10.2. The number of likely N-dealkylation sites (tertiary alicyclic amines) is 1. The smallest absolute Gasteiger partial charge is 0.350 e. The quantitative estimate of drug-likeness (QED) is 0.516. The lowest BCUT2D eigenvalue weighted by atomic mass is 9.76. The number of ketones is 1. The van der Waals surface area contributed by atoms with Crippen LogP contribution in [-0.2, 0) is 19.2 Å². The molecule has 1 spiro atoms. The van der Waals surface area contributed by atoms with Gasteiger partial charge in [-0.15, -0.1) is 0 Å². The molecule has 0 aromatic rings. The van der Waals surface area contributed by atoms with E-state index in [4.69, 9.17) is 0 Å². The van der Waals surface area contributed by atoms with Gasteiger partial charge in [0.2, 0.25) is 23.5 Å². The first kappa shape index (κ1) is 28.4. The van der Waals surface area contributed by atoms with Crippen molar-refractivity contribution in [3.8, 4) is 6.07 Å². The van der Waals surface area contributed by atoms with Crippen molar-refractivity contribution in [1.82, 2.24) is 15.5 Å². The molecule has 11 heteroatoms. The normalized spacial score (nSPS) is 29.7. The number of piperidine rings is 1. The van der Waals surface area contributed by atoms with Crippen LogP contribution in [0, 0.1) is 40.4 Å². The minimum absolute atomic E-state index is 0.0352. The third-order valence-corrected chi connectivity index (χ3v) is 9.07. The molecule has 0 radical (unpaired) electrons. The van der Waals surface area contributed by atoms with E-state index in [0.29, 0.717) is 12.8 Å². The SMILES string of the molecule is CC(C)(C)[C@H](CC(=O)C(F)(F)F)C(=O)N1C[C@@H]2CCC[C@@H]2[C@H]1C(=O)N[C@H](C#N)C[C@@H]1CCC2(CC2)NC1=O. The summed E-state index contributed by atoms with van der Waals surface area (Å²) in [6.45, 7) is 5.06. The Hall–Kier alpha value is -2.64. The largest absolute Gasteiger partial charge is 0.449 e. The van der Waals surface area contributed by atoms with Crippen molar-refractivity contribution >= 4 is 23.5 Å². The maximum absolute atomic E-state index is 13.7. The van der Waals surface area contributed by atoms with Gasteiger partial charge in [0.05, 0.1) is 12.0 Å². The number of hydrogen-bond donors (Lipinski definition) is 2. The number of amides is 3. The Balaban J connectivity index is 1.49. The van der Waals surface area contributed by atoms with Crippen LogP contribution in [0.5, 0.6) is 0 Å². The van der Waals surface area contributed by atoms with Crippen molar-refractivity contribution in [3.63, 3.8) is 0 Å². The molecule has 3 amide bonds. The number of halogens is 3. The summed E-state index contributed by atoms with van der Waals surface area (Å²) in [5, 5.41) is 15.5. The molecule has 8 nitrogen and oxygen atoms in total. The van der Waals surface area contributed by atoms with Gasteiger partial charge in [0, 0.05) is 24.4 Å². The molecule has 0 unspecified atom stereocenters. The highest BCUT2D eigenvalue weighted by Crippen LogP contribution is 2.45. The molecule has 0 aromatic heterocycles. The van der Waals surface area contributed by atoms with Gasteiger partial charge in [0.25, 0.3) is 0 Å². The second-order valence-electron chi connectivity index (χ2n) is 12.8. The molecule has 6 atom stereocenters. The molecular weight excluding hydrogens is 501 g/mol. The zero-order valence-corrected chi connectivity index (χ0v) is 22.2. The highest BCUT2D eigenvalue weighted by Gasteiger charge is 2.53. The Kier molecular flexibility index (Phi) is 7.58. The molecule has 4 fully saturated rings. The van der Waals surface area contributed by atoms with Crippen molar-refractivity contribution in [2.24, 2.45) is 29.1 Å². The average Bonchev–Trinajstić information content (AvgIpc) is 3.23. The minimum Gasteiger partial charge on any atom is -0.350 e. The van der Waals surface area contributed by atoms with Gasteiger partial charge < -0.3 is 15.5 Å². The number of Topliss-reactive ketones (excluding diaryl/α,β-unsaturated/α-hetero) is 1. The van der Waals surface area contributed by atoms with Crippen LogP contribution in [0.1, 0.15) is 78.6 Å². The topological polar surface area (TPSA) is 119 Å². The van der Waals surface area contributed by atoms with Gasteiger partial charge in [-0.2, -0.15) is 18.4 Å². The summed E-state index contributed by atoms with van der Waals surface area (Å²) in [6.07, 6.45) is -0.105. The molecular formula is C27H37F3N4O4. The van der Waals surface area contributed by atoms with E-state index >= 15 is 0 Å². The molecule has 2 saturated carbocycles. The summed E-state index contributed by atoms with van der Waals surface area (Å²) in [7, 11) is 0. The first-order valence-electron chi connectivity index (χ1n) is 13.6. The van der Waals surface area contributed by atoms with E-state index in [2.05, 4.69) is 16.7 Å². The van der Waals surface area contributed by atoms with E-state index in [1.165, 1.54) is 4.90 Å². The van der Waals surface area contributed by atoms with Crippen LogP contribution < -0.4 is 10.6 Å². The predicted octanol–water partition coefficient (Wildman–Crippen LogP) is 3.25. The van der Waals surface area contributed by atoms with Crippen molar-refractivity contribution in [3.05, 3.63) is 0 Å². The average molecular weight is 539 g/mol. The summed E-state index contributed by atoms with van der Waals surface area (Å²) in [5.41, 5.74) is -1.03. The number of nitrogens with one attached hydrogen (secondary N) is 2. The monoisotopic (exact) mass is 538 g/mol. The van der Waals surface area contributed by atoms with E-state index < -0.39 is 59.5 Å². The Morgan fingerprint density at radius 3 is 2.39 bits per heavy atom. The van der Waals surface area contributed by atoms with Gasteiger partial charge >= 0.3 is 6.18 Å². The maximum atomic E-state index is 13.7. The van der Waals surface area contributed by atoms with E-state index in [1.807, 2.05) is 0 Å². The van der Waals surface area contributed by atoms with Crippen LogP contribution in [0.2, 0.25) is 0 Å². The molecule has 2 N–H and O–H groups in total. The van der Waals surface area contributed by atoms with Crippen molar-refractivity contribution in [1.29, 1.82) is 5.26 Å². The standard InChI is InChI=1S/C27H37F3N4O4/c1-25(2,3)19(12-20(35)27(28,29)30)24(38)34-14-16-5-4-6-18(16)21(34)23(37)32-17(13-31)11-15-7-8-26(9-10-26)33-22(15)36/h15-19,21H,4-12,14H2,1-3H3,(H,32,37)(H,33,36)/t15-,16-,17-,18-,19+,21-/m0/s1. The molecule has 0 bridgehead atoms. The van der Waals surface area contributed by atoms with Gasteiger partial charge in [0.15, 0.2) is 0 Å². The highest BCUT2D eigenvalue weighted by atomic mass is 19.4. The van der Waals surface area contributed by atoms with Crippen LogP contribution in [0.4, 0.5) is 13.2 Å². The number of nitrogens with zero attached hydrogens (tertiary/aromatic N) is 2. The molecule has 2 aliphatic carbocycles. The van der Waals surface area contributed by atoms with Crippen molar-refractivity contribution in [2.75, 3.05) is 6.54 Å². The van der Waals surface area contributed by atoms with E-state index in [0.717, 1.165) is 32.1 Å². The zero-order chi connectivity index (χ0) is 28.0. The second-order valence-corrected chi connectivity index (χ2v) is 12.8. The van der Waals surface area contributed by atoms with Crippen LogP contribution in [0.3, 0.4) is 0 Å². The third kappa shape index (κ3) is 5.84. The van der Waals surface area contributed by atoms with Crippen LogP contribution in [0.15, 0.2) is 0 Å². The molecule has 210 valence electrons. The lowest BCUT2D eigenvalue weighted by Gasteiger charge is -2.36. The first-order valence-corrected chi connectivity index (χ1v) is 13.6. The molecule has 2 saturated heterocycles. The van der Waals surface area contributed by atoms with Gasteiger partial charge in [0.1, 0.15) is 12.1 Å².